The fraction of sp³-hybridized carbons (Fsp3) is 0.333. The Bertz CT molecular complexity index is 1850. The number of hydrogen-bond acceptors (Lipinski definition) is 9. The van der Waals surface area contributed by atoms with E-state index in [9.17, 15) is 8.42 Å². The van der Waals surface area contributed by atoms with Gasteiger partial charge in [0.1, 0.15) is 17.8 Å². The van der Waals surface area contributed by atoms with E-state index in [1.165, 1.54) is 25.5 Å². The van der Waals surface area contributed by atoms with Gasteiger partial charge in [0.2, 0.25) is 5.89 Å². The molecule has 2 saturated heterocycles. The second-order valence-electron chi connectivity index (χ2n) is 11.5. The number of methoxy groups -OCH3 is 2. The molecule has 1 aromatic heterocycles. The van der Waals surface area contributed by atoms with Crippen LogP contribution in [0, 0.1) is 0 Å². The highest BCUT2D eigenvalue weighted by Crippen LogP contribution is 2.56. The van der Waals surface area contributed by atoms with Gasteiger partial charge in [0.25, 0.3) is 15.9 Å². The van der Waals surface area contributed by atoms with Gasteiger partial charge >= 0.3 is 0 Å². The third kappa shape index (κ3) is 4.72. The lowest BCUT2D eigenvalue weighted by atomic mass is 9.80. The molecule has 0 bridgehead atoms. The number of sulfonamides is 1. The number of nitrogens with zero attached hydrogens (tertiary/aromatic N) is 4. The lowest BCUT2D eigenvalue weighted by Gasteiger charge is -2.41. The number of fused-ring (bicyclic) bond motifs is 1. The van der Waals surface area contributed by atoms with E-state index in [1.807, 2.05) is 23.1 Å². The molecule has 3 aliphatic rings. The highest BCUT2D eigenvalue weighted by Gasteiger charge is 2.62. The molecule has 0 saturated carbocycles. The van der Waals surface area contributed by atoms with E-state index in [4.69, 9.17) is 25.5 Å². The number of anilines is 1. The summed E-state index contributed by atoms with van der Waals surface area (Å²) in [4.78, 5) is 24.2. The van der Waals surface area contributed by atoms with Crippen molar-refractivity contribution < 1.29 is 27.1 Å². The van der Waals surface area contributed by atoms with Gasteiger partial charge in [-0.15, -0.1) is 0 Å². The van der Waals surface area contributed by atoms with Crippen LogP contribution in [0.15, 0.2) is 82.4 Å². The van der Waals surface area contributed by atoms with Gasteiger partial charge in [-0.05, 0) is 86.4 Å². The van der Waals surface area contributed by atoms with Crippen LogP contribution in [-0.2, 0) is 26.9 Å². The van der Waals surface area contributed by atoms with Crippen molar-refractivity contribution in [3.8, 4) is 11.5 Å². The van der Waals surface area contributed by atoms with Gasteiger partial charge in [0.05, 0.1) is 37.0 Å². The Kier molecular flexibility index (Phi) is 7.60. The maximum Gasteiger partial charge on any atom is 0.271 e. The molecule has 3 aliphatic heterocycles. The number of rotatable bonds is 9. The van der Waals surface area contributed by atoms with Gasteiger partial charge < -0.3 is 13.9 Å². The van der Waals surface area contributed by atoms with Crippen molar-refractivity contribution >= 4 is 33.2 Å². The Morgan fingerprint density at radius 1 is 0.978 bits per heavy atom. The minimum Gasteiger partial charge on any atom is -0.497 e. The van der Waals surface area contributed by atoms with Crippen LogP contribution in [0.5, 0.6) is 11.5 Å². The predicted octanol–water partition coefficient (Wildman–Crippen LogP) is 5.37. The van der Waals surface area contributed by atoms with Gasteiger partial charge in [-0.25, -0.2) is 17.7 Å². The van der Waals surface area contributed by atoms with Crippen LogP contribution in [0.3, 0.4) is 0 Å². The molecule has 45 heavy (non-hydrogen) atoms. The summed E-state index contributed by atoms with van der Waals surface area (Å²) < 4.78 is 46.9. The summed E-state index contributed by atoms with van der Waals surface area (Å²) >= 11 is 6.53. The summed E-state index contributed by atoms with van der Waals surface area (Å²) in [5, 5.41) is 0.302. The molecule has 4 aromatic rings. The van der Waals surface area contributed by atoms with Crippen molar-refractivity contribution in [1.82, 2.24) is 14.8 Å². The van der Waals surface area contributed by atoms with E-state index in [0.29, 0.717) is 53.0 Å². The van der Waals surface area contributed by atoms with Crippen LogP contribution in [0.25, 0.3) is 0 Å². The number of likely N-dealkylation sites (tertiary alicyclic amines) is 2. The summed E-state index contributed by atoms with van der Waals surface area (Å²) in [7, 11) is -1.35. The van der Waals surface area contributed by atoms with Crippen molar-refractivity contribution in [3.05, 3.63) is 101 Å². The van der Waals surface area contributed by atoms with Crippen molar-refractivity contribution in [1.29, 1.82) is 0 Å². The van der Waals surface area contributed by atoms with Crippen LogP contribution < -0.4 is 13.8 Å². The molecule has 2 fully saturated rings. The second kappa shape index (κ2) is 11.5. The number of hydrogen-bond donors (Lipinski definition) is 0. The zero-order valence-corrected chi connectivity index (χ0v) is 26.6. The third-order valence-corrected chi connectivity index (χ3v) is 11.0. The van der Waals surface area contributed by atoms with Gasteiger partial charge in [-0.2, -0.15) is 0 Å². The van der Waals surface area contributed by atoms with Crippen LogP contribution >= 0.6 is 11.6 Å². The number of benzene rings is 3. The highest BCUT2D eigenvalue weighted by atomic mass is 35.5. The Labute approximate surface area is 267 Å². The minimum absolute atomic E-state index is 0.0532. The monoisotopic (exact) mass is 648 g/mol. The number of ether oxygens (including phenoxy) is 2. The van der Waals surface area contributed by atoms with Gasteiger partial charge in [0.15, 0.2) is 5.54 Å². The molecule has 3 aromatic carbocycles. The van der Waals surface area contributed by atoms with Crippen LogP contribution in [-0.4, -0.2) is 63.0 Å². The van der Waals surface area contributed by atoms with Crippen LogP contribution in [0.4, 0.5) is 5.69 Å². The molecule has 12 heteroatoms. The number of aromatic nitrogens is 1. The van der Waals surface area contributed by atoms with E-state index in [2.05, 4.69) is 9.88 Å². The predicted molar refractivity (Wildman–Crippen MR) is 168 cm³/mol. The van der Waals surface area contributed by atoms with Crippen LogP contribution in [0.2, 0.25) is 5.02 Å². The first kappa shape index (κ1) is 29.8. The smallest absolute Gasteiger partial charge is 0.271 e. The molecule has 0 radical (unpaired) electrons. The highest BCUT2D eigenvalue weighted by molar-refractivity contribution is 7.93. The summed E-state index contributed by atoms with van der Waals surface area (Å²) in [6.07, 6.45) is 5.64. The van der Waals surface area contributed by atoms with Gasteiger partial charge in [0, 0.05) is 29.2 Å². The molecule has 2 atom stereocenters. The summed E-state index contributed by atoms with van der Waals surface area (Å²) in [6, 6.07) is 16.4. The Morgan fingerprint density at radius 2 is 1.78 bits per heavy atom. The van der Waals surface area contributed by atoms with Crippen molar-refractivity contribution in [2.75, 3.05) is 38.2 Å². The molecule has 1 unspecified atom stereocenters. The van der Waals surface area contributed by atoms with E-state index < -0.39 is 27.5 Å². The molecule has 0 aliphatic carbocycles. The molecule has 0 spiro atoms. The number of carbonyl (C=O) groups is 1. The van der Waals surface area contributed by atoms with E-state index >= 15 is 4.79 Å². The summed E-state index contributed by atoms with van der Waals surface area (Å²) in [6.45, 7) is 3.18. The quantitative estimate of drug-likeness (QED) is 0.237. The SMILES string of the molecule is COc1ccc(S(=O)(=O)N2C(=O)C(c3cc(CN4CCC4)ccc3OC)(N3CCC[C@H]3c3ncco3)c3ccc(Cl)cc32)cc1. The topological polar surface area (TPSA) is 105 Å². The average Bonchev–Trinajstić information content (AvgIpc) is 3.77. The third-order valence-electron chi connectivity index (χ3n) is 9.09. The standard InChI is InChI=1S/C33H33ClN4O6S/c1-42-24-8-10-25(11-9-24)45(40,41)38-29-20-23(34)7-12-26(29)33(32(38)39,37-17-3-5-28(37)31-35-14-18-44-31)27-19-22(6-13-30(27)43-2)21-36-15-4-16-36/h6-14,18-20,28H,3-5,15-17,21H2,1-2H3/t28-,33?/m0/s1. The number of carbonyl (C=O) groups excluding carboxylic acids is 1. The maximum atomic E-state index is 15.4. The van der Waals surface area contributed by atoms with Crippen molar-refractivity contribution in [2.24, 2.45) is 0 Å². The zero-order chi connectivity index (χ0) is 31.3. The lowest BCUT2D eigenvalue weighted by molar-refractivity contribution is -0.127. The van der Waals surface area contributed by atoms with Crippen molar-refractivity contribution in [2.45, 2.75) is 42.3 Å². The Balaban J connectivity index is 1.50. The Hall–Kier alpha value is -3.90. The second-order valence-corrected chi connectivity index (χ2v) is 13.7. The number of halogens is 1. The fourth-order valence-electron chi connectivity index (χ4n) is 6.89. The normalized spacial score (nSPS) is 22.0. The summed E-state index contributed by atoms with van der Waals surface area (Å²) in [5.74, 6) is 0.781. The minimum atomic E-state index is -4.41. The van der Waals surface area contributed by atoms with E-state index in [1.54, 1.807) is 43.6 Å². The lowest BCUT2D eigenvalue weighted by Crippen LogP contribution is -2.54. The van der Waals surface area contributed by atoms with Gasteiger partial charge in [-0.1, -0.05) is 23.7 Å². The molecule has 10 nitrogen and oxygen atoms in total. The number of oxazole rings is 1. The largest absolute Gasteiger partial charge is 0.497 e. The Morgan fingerprint density at radius 3 is 2.44 bits per heavy atom. The molecule has 234 valence electrons. The molecular formula is C33H33ClN4O6S. The molecular weight excluding hydrogens is 616 g/mol. The van der Waals surface area contributed by atoms with Crippen LogP contribution in [0.1, 0.15) is 47.9 Å². The van der Waals surface area contributed by atoms with Crippen molar-refractivity contribution in [3.63, 3.8) is 0 Å². The van der Waals surface area contributed by atoms with E-state index in [-0.39, 0.29) is 10.6 Å². The zero-order valence-electron chi connectivity index (χ0n) is 25.0. The summed E-state index contributed by atoms with van der Waals surface area (Å²) in [5.41, 5.74) is 0.633. The fourth-order valence-corrected chi connectivity index (χ4v) is 8.51. The first-order valence-corrected chi connectivity index (χ1v) is 16.7. The number of amides is 1. The van der Waals surface area contributed by atoms with E-state index in [0.717, 1.165) is 35.8 Å². The first-order chi connectivity index (χ1) is 21.8. The average molecular weight is 649 g/mol. The molecule has 1 amide bonds. The maximum absolute atomic E-state index is 15.4. The molecule has 7 rings (SSSR count). The molecule has 4 heterocycles. The first-order valence-electron chi connectivity index (χ1n) is 14.9. The van der Waals surface area contributed by atoms with Gasteiger partial charge in [-0.3, -0.25) is 14.6 Å². The molecule has 0 N–H and O–H groups in total.